The number of ether oxygens (including phenoxy) is 1. The number of nitrogens with zero attached hydrogens (tertiary/aromatic N) is 1. The SMILES string of the molecule is CC(C)COc1ccc(CC(=O)O)cc1CN1CCS(=O)(=O)CC1. The molecule has 134 valence electrons. The van der Waals surface area contributed by atoms with Gasteiger partial charge in [-0.15, -0.1) is 0 Å². The lowest BCUT2D eigenvalue weighted by Gasteiger charge is -2.27. The zero-order valence-corrected chi connectivity index (χ0v) is 15.0. The Bertz CT molecular complexity index is 670. The lowest BCUT2D eigenvalue weighted by Crippen LogP contribution is -2.39. The molecule has 1 N–H and O–H groups in total. The molecule has 0 atom stereocenters. The molecule has 2 rings (SSSR count). The summed E-state index contributed by atoms with van der Waals surface area (Å²) < 4.78 is 29.0. The fourth-order valence-corrected chi connectivity index (χ4v) is 3.86. The van der Waals surface area contributed by atoms with Gasteiger partial charge in [0.05, 0.1) is 24.5 Å². The van der Waals surface area contributed by atoms with Gasteiger partial charge >= 0.3 is 5.97 Å². The summed E-state index contributed by atoms with van der Waals surface area (Å²) in [7, 11) is -2.91. The Balaban J connectivity index is 2.15. The maximum atomic E-state index is 11.6. The number of rotatable bonds is 7. The van der Waals surface area contributed by atoms with Crippen LogP contribution in [0.5, 0.6) is 5.75 Å². The molecular formula is C17H25NO5S. The van der Waals surface area contributed by atoms with E-state index in [2.05, 4.69) is 18.7 Å². The number of sulfone groups is 1. The van der Waals surface area contributed by atoms with Gasteiger partial charge in [0.2, 0.25) is 0 Å². The van der Waals surface area contributed by atoms with Crippen LogP contribution in [0.1, 0.15) is 25.0 Å². The lowest BCUT2D eigenvalue weighted by atomic mass is 10.1. The molecule has 0 spiro atoms. The number of aliphatic carboxylic acids is 1. The first-order valence-corrected chi connectivity index (χ1v) is 9.96. The van der Waals surface area contributed by atoms with Crippen LogP contribution >= 0.6 is 0 Å². The van der Waals surface area contributed by atoms with Crippen molar-refractivity contribution in [3.05, 3.63) is 29.3 Å². The fraction of sp³-hybridized carbons (Fsp3) is 0.588. The smallest absolute Gasteiger partial charge is 0.307 e. The summed E-state index contributed by atoms with van der Waals surface area (Å²) in [5.41, 5.74) is 1.63. The third kappa shape index (κ3) is 5.79. The Labute approximate surface area is 143 Å². The molecule has 1 aliphatic heterocycles. The molecule has 6 nitrogen and oxygen atoms in total. The molecule has 1 aromatic carbocycles. The second-order valence-electron chi connectivity index (χ2n) is 6.65. The first-order chi connectivity index (χ1) is 11.2. The van der Waals surface area contributed by atoms with Gasteiger partial charge in [-0.1, -0.05) is 26.0 Å². The first-order valence-electron chi connectivity index (χ1n) is 8.14. The van der Waals surface area contributed by atoms with Crippen LogP contribution in [0.4, 0.5) is 0 Å². The average Bonchev–Trinajstić information content (AvgIpc) is 2.48. The van der Waals surface area contributed by atoms with Crippen molar-refractivity contribution in [2.75, 3.05) is 31.2 Å². The molecule has 0 radical (unpaired) electrons. The topological polar surface area (TPSA) is 83.9 Å². The molecule has 0 saturated carbocycles. The minimum atomic E-state index is -2.91. The van der Waals surface area contributed by atoms with E-state index in [0.29, 0.717) is 32.2 Å². The predicted molar refractivity (Wildman–Crippen MR) is 92.0 cm³/mol. The first kappa shape index (κ1) is 18.7. The fourth-order valence-electron chi connectivity index (χ4n) is 2.59. The molecule has 1 fully saturated rings. The largest absolute Gasteiger partial charge is 0.493 e. The second kappa shape index (κ2) is 7.98. The van der Waals surface area contributed by atoms with Crippen molar-refractivity contribution in [3.63, 3.8) is 0 Å². The monoisotopic (exact) mass is 355 g/mol. The summed E-state index contributed by atoms with van der Waals surface area (Å²) >= 11 is 0. The summed E-state index contributed by atoms with van der Waals surface area (Å²) in [5.74, 6) is 0.595. The molecular weight excluding hydrogens is 330 g/mol. The van der Waals surface area contributed by atoms with Crippen molar-refractivity contribution in [2.45, 2.75) is 26.8 Å². The van der Waals surface area contributed by atoms with Crippen LogP contribution in [0.15, 0.2) is 18.2 Å². The van der Waals surface area contributed by atoms with E-state index in [1.54, 1.807) is 6.07 Å². The Kier molecular flexibility index (Phi) is 6.23. The number of hydrogen-bond donors (Lipinski definition) is 1. The van der Waals surface area contributed by atoms with Crippen molar-refractivity contribution >= 4 is 15.8 Å². The molecule has 1 heterocycles. The van der Waals surface area contributed by atoms with E-state index in [1.807, 2.05) is 12.1 Å². The van der Waals surface area contributed by atoms with Crippen molar-refractivity contribution in [1.82, 2.24) is 4.90 Å². The zero-order valence-electron chi connectivity index (χ0n) is 14.2. The summed E-state index contributed by atoms with van der Waals surface area (Å²) in [6, 6.07) is 5.44. The number of carboxylic acid groups (broad SMARTS) is 1. The van der Waals surface area contributed by atoms with Gasteiger partial charge in [0.15, 0.2) is 9.84 Å². The van der Waals surface area contributed by atoms with Gasteiger partial charge in [0, 0.05) is 25.2 Å². The number of hydrogen-bond acceptors (Lipinski definition) is 5. The van der Waals surface area contributed by atoms with E-state index in [4.69, 9.17) is 9.84 Å². The van der Waals surface area contributed by atoms with Crippen LogP contribution in [-0.2, 0) is 27.6 Å². The summed E-state index contributed by atoms with van der Waals surface area (Å²) in [5, 5.41) is 8.97. The molecule has 0 amide bonds. The van der Waals surface area contributed by atoms with E-state index in [-0.39, 0.29) is 17.9 Å². The van der Waals surface area contributed by atoms with Gasteiger partial charge in [0.25, 0.3) is 0 Å². The number of carbonyl (C=O) groups is 1. The molecule has 0 unspecified atom stereocenters. The second-order valence-corrected chi connectivity index (χ2v) is 8.95. The van der Waals surface area contributed by atoms with Gasteiger partial charge in [-0.3, -0.25) is 9.69 Å². The Morgan fingerprint density at radius 1 is 1.29 bits per heavy atom. The molecule has 24 heavy (non-hydrogen) atoms. The summed E-state index contributed by atoms with van der Waals surface area (Å²) in [6.45, 7) is 6.27. The van der Waals surface area contributed by atoms with Crippen LogP contribution in [0.3, 0.4) is 0 Å². The minimum Gasteiger partial charge on any atom is -0.493 e. The average molecular weight is 355 g/mol. The molecule has 0 aromatic heterocycles. The molecule has 1 aromatic rings. The number of carboxylic acids is 1. The summed E-state index contributed by atoms with van der Waals surface area (Å²) in [6.07, 6.45) is -0.0359. The van der Waals surface area contributed by atoms with Crippen LogP contribution in [-0.4, -0.2) is 55.6 Å². The summed E-state index contributed by atoms with van der Waals surface area (Å²) in [4.78, 5) is 13.0. The highest BCUT2D eigenvalue weighted by Gasteiger charge is 2.22. The van der Waals surface area contributed by atoms with Gasteiger partial charge in [-0.05, 0) is 17.5 Å². The molecule has 0 aliphatic carbocycles. The highest BCUT2D eigenvalue weighted by atomic mass is 32.2. The van der Waals surface area contributed by atoms with Gasteiger partial charge in [-0.2, -0.15) is 0 Å². The quantitative estimate of drug-likeness (QED) is 0.799. The van der Waals surface area contributed by atoms with Gasteiger partial charge in [0.1, 0.15) is 5.75 Å². The van der Waals surface area contributed by atoms with Crippen LogP contribution in [0.2, 0.25) is 0 Å². The van der Waals surface area contributed by atoms with E-state index < -0.39 is 15.8 Å². The third-order valence-corrected chi connectivity index (χ3v) is 5.49. The molecule has 1 aliphatic rings. The van der Waals surface area contributed by atoms with E-state index in [9.17, 15) is 13.2 Å². The van der Waals surface area contributed by atoms with E-state index in [0.717, 1.165) is 16.9 Å². The third-order valence-electron chi connectivity index (χ3n) is 3.88. The Morgan fingerprint density at radius 3 is 2.54 bits per heavy atom. The standard InChI is InChI=1S/C17H25NO5S/c1-13(2)12-23-16-4-3-14(10-17(19)20)9-15(16)11-18-5-7-24(21,22)8-6-18/h3-4,9,13H,5-8,10-12H2,1-2H3,(H,19,20). The Morgan fingerprint density at radius 2 is 1.96 bits per heavy atom. The highest BCUT2D eigenvalue weighted by Crippen LogP contribution is 2.24. The zero-order chi connectivity index (χ0) is 17.7. The maximum absolute atomic E-state index is 11.6. The van der Waals surface area contributed by atoms with Crippen LogP contribution in [0, 0.1) is 5.92 Å². The van der Waals surface area contributed by atoms with Crippen molar-refractivity contribution in [2.24, 2.45) is 5.92 Å². The van der Waals surface area contributed by atoms with Gasteiger partial charge in [-0.25, -0.2) is 8.42 Å². The van der Waals surface area contributed by atoms with Crippen molar-refractivity contribution < 1.29 is 23.1 Å². The lowest BCUT2D eigenvalue weighted by molar-refractivity contribution is -0.136. The molecule has 0 bridgehead atoms. The minimum absolute atomic E-state index is 0.0359. The van der Waals surface area contributed by atoms with Crippen LogP contribution in [0.25, 0.3) is 0 Å². The number of benzene rings is 1. The normalized spacial score (nSPS) is 17.8. The highest BCUT2D eigenvalue weighted by molar-refractivity contribution is 7.91. The Hall–Kier alpha value is -1.60. The molecule has 7 heteroatoms. The van der Waals surface area contributed by atoms with E-state index in [1.165, 1.54) is 0 Å². The van der Waals surface area contributed by atoms with Crippen molar-refractivity contribution in [1.29, 1.82) is 0 Å². The molecule has 1 saturated heterocycles. The van der Waals surface area contributed by atoms with Crippen molar-refractivity contribution in [3.8, 4) is 5.75 Å². The van der Waals surface area contributed by atoms with Gasteiger partial charge < -0.3 is 9.84 Å². The maximum Gasteiger partial charge on any atom is 0.307 e. The predicted octanol–water partition coefficient (Wildman–Crippen LogP) is 1.58. The van der Waals surface area contributed by atoms with Crippen LogP contribution < -0.4 is 4.74 Å². The van der Waals surface area contributed by atoms with E-state index >= 15 is 0 Å².